The first-order valence-electron chi connectivity index (χ1n) is 6.47. The Kier molecular flexibility index (Phi) is 2.82. The highest BCUT2D eigenvalue weighted by Crippen LogP contribution is 2.36. The highest BCUT2D eigenvalue weighted by molar-refractivity contribution is 8.00. The van der Waals surface area contributed by atoms with Gasteiger partial charge in [-0.2, -0.15) is 10.2 Å². The van der Waals surface area contributed by atoms with Crippen molar-refractivity contribution < 1.29 is 4.79 Å². The van der Waals surface area contributed by atoms with Crippen LogP contribution in [-0.4, -0.2) is 20.8 Å². The average Bonchev–Trinajstić information content (AvgIpc) is 3.03. The normalized spacial score (nSPS) is 17.7. The van der Waals surface area contributed by atoms with E-state index in [-0.39, 0.29) is 5.91 Å². The Hall–Kier alpha value is -2.47. The number of imidazole rings is 1. The summed E-state index contributed by atoms with van der Waals surface area (Å²) >= 11 is 1.33. The summed E-state index contributed by atoms with van der Waals surface area (Å²) in [6.07, 6.45) is 0. The van der Waals surface area contributed by atoms with Crippen molar-refractivity contribution in [3.63, 3.8) is 0 Å². The van der Waals surface area contributed by atoms with E-state index in [4.69, 9.17) is 0 Å². The lowest BCUT2D eigenvalue weighted by Gasteiger charge is -2.00. The van der Waals surface area contributed by atoms with Crippen LogP contribution in [0, 0.1) is 0 Å². The smallest absolute Gasteiger partial charge is 0.270 e. The number of azo groups is 1. The molecule has 6 heteroatoms. The first-order chi connectivity index (χ1) is 10.3. The van der Waals surface area contributed by atoms with E-state index in [0.29, 0.717) is 5.16 Å². The number of nitrogens with zero attached hydrogens (tertiary/aromatic N) is 4. The Morgan fingerprint density at radius 2 is 1.81 bits per heavy atom. The molecule has 0 saturated carbocycles. The molecule has 1 atom stereocenters. The summed E-state index contributed by atoms with van der Waals surface area (Å²) < 4.78 is 1.62. The van der Waals surface area contributed by atoms with Crippen molar-refractivity contribution in [1.82, 2.24) is 9.55 Å². The summed E-state index contributed by atoms with van der Waals surface area (Å²) in [7, 11) is 0. The SMILES string of the molecule is O=C1[C@@H](N=Nc2ccccc2)Sc2nc3ccccc3n21. The van der Waals surface area contributed by atoms with Gasteiger partial charge in [-0.15, -0.1) is 0 Å². The average molecular weight is 294 g/mol. The fraction of sp³-hybridized carbons (Fsp3) is 0.0667. The van der Waals surface area contributed by atoms with E-state index in [0.717, 1.165) is 16.7 Å². The number of hydrogen-bond acceptors (Lipinski definition) is 5. The molecule has 0 saturated heterocycles. The lowest BCUT2D eigenvalue weighted by Crippen LogP contribution is -2.14. The second kappa shape index (κ2) is 4.82. The maximum absolute atomic E-state index is 12.4. The quantitative estimate of drug-likeness (QED) is 0.674. The standard InChI is InChI=1S/C15H10N4OS/c20-14-13(18-17-10-6-2-1-3-7-10)21-15-16-11-8-4-5-9-12(11)19(14)15/h1-9,13H/t13-/m0/s1. The maximum Gasteiger partial charge on any atom is 0.270 e. The lowest BCUT2D eigenvalue weighted by atomic mass is 10.3. The second-order valence-electron chi connectivity index (χ2n) is 4.58. The van der Waals surface area contributed by atoms with Crippen molar-refractivity contribution in [2.75, 3.05) is 0 Å². The summed E-state index contributed by atoms with van der Waals surface area (Å²) in [6, 6.07) is 17.0. The van der Waals surface area contributed by atoms with Crippen LogP contribution in [0.5, 0.6) is 0 Å². The molecule has 2 aromatic carbocycles. The number of carbonyl (C=O) groups excluding carboxylic acids is 1. The number of carbonyl (C=O) groups is 1. The van der Waals surface area contributed by atoms with Gasteiger partial charge in [0.05, 0.1) is 16.7 Å². The Balaban J connectivity index is 1.66. The van der Waals surface area contributed by atoms with Crippen LogP contribution in [0.25, 0.3) is 11.0 Å². The minimum absolute atomic E-state index is 0.0941. The molecule has 0 aliphatic carbocycles. The number of aromatic nitrogens is 2. The highest BCUT2D eigenvalue weighted by Gasteiger charge is 2.34. The van der Waals surface area contributed by atoms with Crippen LogP contribution < -0.4 is 0 Å². The molecular formula is C15H10N4OS. The minimum Gasteiger partial charge on any atom is -0.270 e. The number of rotatable bonds is 2. The van der Waals surface area contributed by atoms with Gasteiger partial charge in [-0.25, -0.2) is 4.98 Å². The Morgan fingerprint density at radius 1 is 1.05 bits per heavy atom. The Bertz CT molecular complexity index is 856. The molecule has 0 N–H and O–H groups in total. The van der Waals surface area contributed by atoms with Crippen LogP contribution in [0.1, 0.15) is 4.79 Å². The van der Waals surface area contributed by atoms with Gasteiger partial charge in [0, 0.05) is 0 Å². The van der Waals surface area contributed by atoms with Gasteiger partial charge in [0.15, 0.2) is 5.16 Å². The van der Waals surface area contributed by atoms with Crippen LogP contribution in [-0.2, 0) is 0 Å². The second-order valence-corrected chi connectivity index (χ2v) is 5.63. The van der Waals surface area contributed by atoms with Crippen LogP contribution in [0.2, 0.25) is 0 Å². The molecule has 102 valence electrons. The Morgan fingerprint density at radius 3 is 2.67 bits per heavy atom. The van der Waals surface area contributed by atoms with E-state index < -0.39 is 5.37 Å². The molecule has 21 heavy (non-hydrogen) atoms. The third-order valence-electron chi connectivity index (χ3n) is 3.21. The predicted octanol–water partition coefficient (Wildman–Crippen LogP) is 3.89. The third kappa shape index (κ3) is 2.04. The number of thioether (sulfide) groups is 1. The summed E-state index contributed by atoms with van der Waals surface area (Å²) in [5.41, 5.74) is 2.38. The van der Waals surface area contributed by atoms with E-state index in [1.807, 2.05) is 54.6 Å². The molecule has 2 heterocycles. The molecule has 1 aliphatic rings. The van der Waals surface area contributed by atoms with Gasteiger partial charge in [0.2, 0.25) is 5.37 Å². The summed E-state index contributed by atoms with van der Waals surface area (Å²) in [6.45, 7) is 0. The van der Waals surface area contributed by atoms with Crippen molar-refractivity contribution in [3.05, 3.63) is 54.6 Å². The molecule has 0 amide bonds. The fourth-order valence-electron chi connectivity index (χ4n) is 2.24. The van der Waals surface area contributed by atoms with Crippen LogP contribution in [0.4, 0.5) is 5.69 Å². The fourth-order valence-corrected chi connectivity index (χ4v) is 3.19. The van der Waals surface area contributed by atoms with Crippen molar-refractivity contribution in [3.8, 4) is 0 Å². The van der Waals surface area contributed by atoms with Gasteiger partial charge in [0.25, 0.3) is 5.91 Å². The maximum atomic E-state index is 12.4. The number of hydrogen-bond donors (Lipinski definition) is 0. The van der Waals surface area contributed by atoms with E-state index in [1.165, 1.54) is 11.8 Å². The zero-order valence-corrected chi connectivity index (χ0v) is 11.7. The van der Waals surface area contributed by atoms with Gasteiger partial charge in [-0.1, -0.05) is 30.3 Å². The lowest BCUT2D eigenvalue weighted by molar-refractivity contribution is 0.0915. The van der Waals surface area contributed by atoms with E-state index in [1.54, 1.807) is 4.57 Å². The zero-order valence-electron chi connectivity index (χ0n) is 10.9. The molecule has 0 bridgehead atoms. The van der Waals surface area contributed by atoms with E-state index in [9.17, 15) is 4.79 Å². The molecule has 0 fully saturated rings. The molecule has 0 radical (unpaired) electrons. The minimum atomic E-state index is -0.558. The number of benzene rings is 2. The third-order valence-corrected chi connectivity index (χ3v) is 4.22. The summed E-state index contributed by atoms with van der Waals surface area (Å²) in [5, 5.41) is 8.39. The first-order valence-corrected chi connectivity index (χ1v) is 7.35. The van der Waals surface area contributed by atoms with Gasteiger partial charge in [-0.05, 0) is 36.0 Å². The molecule has 3 aromatic rings. The topological polar surface area (TPSA) is 59.6 Å². The molecular weight excluding hydrogens is 284 g/mol. The summed E-state index contributed by atoms with van der Waals surface area (Å²) in [4.78, 5) is 16.9. The number of fused-ring (bicyclic) bond motifs is 3. The highest BCUT2D eigenvalue weighted by atomic mass is 32.2. The van der Waals surface area contributed by atoms with Crippen molar-refractivity contribution in [1.29, 1.82) is 0 Å². The predicted molar refractivity (Wildman–Crippen MR) is 81.0 cm³/mol. The van der Waals surface area contributed by atoms with Crippen LogP contribution in [0.15, 0.2) is 70.0 Å². The van der Waals surface area contributed by atoms with E-state index >= 15 is 0 Å². The van der Waals surface area contributed by atoms with Crippen LogP contribution in [0.3, 0.4) is 0 Å². The van der Waals surface area contributed by atoms with Crippen molar-refractivity contribution >= 4 is 34.4 Å². The summed E-state index contributed by atoms with van der Waals surface area (Å²) in [5.74, 6) is -0.0941. The van der Waals surface area contributed by atoms with Crippen molar-refractivity contribution in [2.24, 2.45) is 10.2 Å². The largest absolute Gasteiger partial charge is 0.270 e. The molecule has 1 aliphatic heterocycles. The van der Waals surface area contributed by atoms with Gasteiger partial charge >= 0.3 is 0 Å². The van der Waals surface area contributed by atoms with Gasteiger partial charge in [-0.3, -0.25) is 9.36 Å². The molecule has 5 nitrogen and oxygen atoms in total. The number of para-hydroxylation sites is 2. The molecule has 0 spiro atoms. The molecule has 4 rings (SSSR count). The first kappa shape index (κ1) is 12.3. The molecule has 0 unspecified atom stereocenters. The van der Waals surface area contributed by atoms with E-state index in [2.05, 4.69) is 15.2 Å². The monoisotopic (exact) mass is 294 g/mol. The van der Waals surface area contributed by atoms with Crippen LogP contribution >= 0.6 is 11.8 Å². The Labute approximate surface area is 124 Å². The van der Waals surface area contributed by atoms with Gasteiger partial charge in [0.1, 0.15) is 0 Å². The molecule has 1 aromatic heterocycles. The van der Waals surface area contributed by atoms with Crippen molar-refractivity contribution in [2.45, 2.75) is 10.5 Å². The zero-order chi connectivity index (χ0) is 14.2. The van der Waals surface area contributed by atoms with Gasteiger partial charge < -0.3 is 0 Å².